The molecule has 40 heavy (non-hydrogen) atoms. The van der Waals surface area contributed by atoms with Gasteiger partial charge in [0.25, 0.3) is 0 Å². The molecule has 0 amide bonds. The summed E-state index contributed by atoms with van der Waals surface area (Å²) in [4.78, 5) is 16.0. The van der Waals surface area contributed by atoms with Gasteiger partial charge in [-0.3, -0.25) is 9.69 Å². The van der Waals surface area contributed by atoms with Gasteiger partial charge in [0.2, 0.25) is 10.0 Å². The molecule has 2 aromatic rings. The van der Waals surface area contributed by atoms with Crippen LogP contribution in [0.2, 0.25) is 5.02 Å². The van der Waals surface area contributed by atoms with Crippen LogP contribution in [0, 0.1) is 11.2 Å². The van der Waals surface area contributed by atoms with Gasteiger partial charge in [0.15, 0.2) is 11.6 Å². The highest BCUT2D eigenvalue weighted by Gasteiger charge is 2.41. The maximum absolute atomic E-state index is 15.4. The summed E-state index contributed by atoms with van der Waals surface area (Å²) in [5.41, 5.74) is 1.94. The van der Waals surface area contributed by atoms with Gasteiger partial charge in [0.1, 0.15) is 6.04 Å². The number of carbonyl (C=O) groups is 1. The lowest BCUT2D eigenvalue weighted by molar-refractivity contribution is -0.141. The van der Waals surface area contributed by atoms with Crippen molar-refractivity contribution in [2.45, 2.75) is 65.3 Å². The molecule has 3 rings (SSSR count). The van der Waals surface area contributed by atoms with Crippen LogP contribution in [0.15, 0.2) is 36.4 Å². The number of halogens is 2. The SMILES string of the molecule is COc1ccc(Cl)c(CN(Cc2cccc(CN3[C@@H](C(=O)O)CCS3(=O)=O)c2)[C@H](CN(C)C)CC(C)(C)C)c1F. The summed E-state index contributed by atoms with van der Waals surface area (Å²) in [5, 5.41) is 9.86. The number of carboxylic acid groups (broad SMARTS) is 1. The number of nitrogens with zero attached hydrogens (tertiary/aromatic N) is 3. The minimum atomic E-state index is -3.65. The van der Waals surface area contributed by atoms with Crippen LogP contribution in [0.3, 0.4) is 0 Å². The lowest BCUT2D eigenvalue weighted by Crippen LogP contribution is -2.43. The molecule has 0 aromatic heterocycles. The molecule has 0 bridgehead atoms. The van der Waals surface area contributed by atoms with E-state index in [0.717, 1.165) is 22.8 Å². The Bertz CT molecular complexity index is 1300. The summed E-state index contributed by atoms with van der Waals surface area (Å²) in [6.07, 6.45) is 0.900. The van der Waals surface area contributed by atoms with Crippen LogP contribution in [-0.4, -0.2) is 79.2 Å². The van der Waals surface area contributed by atoms with Crippen molar-refractivity contribution in [3.05, 3.63) is 63.9 Å². The van der Waals surface area contributed by atoms with Crippen molar-refractivity contribution in [1.29, 1.82) is 0 Å². The fourth-order valence-electron chi connectivity index (χ4n) is 5.25. The Morgan fingerprint density at radius 3 is 2.48 bits per heavy atom. The van der Waals surface area contributed by atoms with Gasteiger partial charge in [-0.15, -0.1) is 0 Å². The van der Waals surface area contributed by atoms with Gasteiger partial charge in [0.05, 0.1) is 12.9 Å². The van der Waals surface area contributed by atoms with Crippen LogP contribution < -0.4 is 4.74 Å². The standard InChI is InChI=1S/C29H41ClFN3O5S/c1-29(2,3)15-22(18-32(4)5)33(19-23-24(30)10-11-26(39-6)27(23)31)16-20-8-7-9-21(14-20)17-34-25(28(35)36)12-13-40(34,37)38/h7-11,14,22,25H,12-13,15-19H2,1-6H3,(H,35,36)/t22-,25+/m0/s1. The third-order valence-corrected chi connectivity index (χ3v) is 9.23. The van der Waals surface area contributed by atoms with Gasteiger partial charge in [-0.25, -0.2) is 12.8 Å². The quantitative estimate of drug-likeness (QED) is 0.374. The number of ether oxygens (including phenoxy) is 1. The predicted molar refractivity (Wildman–Crippen MR) is 155 cm³/mol. The van der Waals surface area contributed by atoms with Gasteiger partial charge in [-0.1, -0.05) is 56.6 Å². The molecule has 8 nitrogen and oxygen atoms in total. The van der Waals surface area contributed by atoms with E-state index in [-0.39, 0.29) is 42.5 Å². The smallest absolute Gasteiger partial charge is 0.322 e. The number of sulfonamides is 1. The van der Waals surface area contributed by atoms with Crippen LogP contribution in [0.25, 0.3) is 0 Å². The van der Waals surface area contributed by atoms with E-state index in [1.54, 1.807) is 12.1 Å². The first-order chi connectivity index (χ1) is 18.6. The maximum Gasteiger partial charge on any atom is 0.322 e. The zero-order chi connectivity index (χ0) is 29.8. The second-order valence-electron chi connectivity index (χ2n) is 12.0. The summed E-state index contributed by atoms with van der Waals surface area (Å²) < 4.78 is 46.9. The van der Waals surface area contributed by atoms with Gasteiger partial charge in [-0.05, 0) is 55.6 Å². The van der Waals surface area contributed by atoms with Gasteiger partial charge < -0.3 is 14.7 Å². The highest BCUT2D eigenvalue weighted by atomic mass is 35.5. The van der Waals surface area contributed by atoms with Crippen molar-refractivity contribution >= 4 is 27.6 Å². The van der Waals surface area contributed by atoms with E-state index in [9.17, 15) is 18.3 Å². The molecule has 0 saturated carbocycles. The number of benzene rings is 2. The Labute approximate surface area is 242 Å². The molecule has 1 aliphatic heterocycles. The molecule has 0 aliphatic carbocycles. The van der Waals surface area contributed by atoms with E-state index in [1.165, 1.54) is 13.2 Å². The number of hydrogen-bond acceptors (Lipinski definition) is 6. The van der Waals surface area contributed by atoms with Crippen molar-refractivity contribution < 1.29 is 27.4 Å². The van der Waals surface area contributed by atoms with E-state index in [1.807, 2.05) is 32.3 Å². The number of rotatable bonds is 12. The first-order valence-electron chi connectivity index (χ1n) is 13.3. The summed E-state index contributed by atoms with van der Waals surface area (Å²) in [5.74, 6) is -1.69. The van der Waals surface area contributed by atoms with E-state index in [0.29, 0.717) is 22.7 Å². The maximum atomic E-state index is 15.4. The second-order valence-corrected chi connectivity index (χ2v) is 14.4. The molecule has 1 fully saturated rings. The van der Waals surface area contributed by atoms with Gasteiger partial charge in [0, 0.05) is 42.8 Å². The minimum absolute atomic E-state index is 0.00650. The topological polar surface area (TPSA) is 90.4 Å². The molecule has 11 heteroatoms. The summed E-state index contributed by atoms with van der Waals surface area (Å²) in [6.45, 7) is 7.90. The largest absolute Gasteiger partial charge is 0.494 e. The second kappa shape index (κ2) is 13.2. The fourth-order valence-corrected chi connectivity index (χ4v) is 7.14. The summed E-state index contributed by atoms with van der Waals surface area (Å²) in [7, 11) is 1.77. The Hall–Kier alpha value is -2.24. The number of aliphatic carboxylic acids is 1. The zero-order valence-corrected chi connectivity index (χ0v) is 25.7. The highest BCUT2D eigenvalue weighted by Crippen LogP contribution is 2.32. The molecular weight excluding hydrogens is 557 g/mol. The average molecular weight is 598 g/mol. The predicted octanol–water partition coefficient (Wildman–Crippen LogP) is 4.85. The van der Waals surface area contributed by atoms with Crippen LogP contribution in [0.5, 0.6) is 5.75 Å². The van der Waals surface area contributed by atoms with Crippen molar-refractivity contribution in [1.82, 2.24) is 14.1 Å². The molecule has 2 aromatic carbocycles. The van der Waals surface area contributed by atoms with Gasteiger partial charge >= 0.3 is 5.97 Å². The first kappa shape index (κ1) is 32.3. The average Bonchev–Trinajstić information content (AvgIpc) is 3.13. The third kappa shape index (κ3) is 8.39. The molecule has 1 heterocycles. The zero-order valence-electron chi connectivity index (χ0n) is 24.2. The molecule has 0 unspecified atom stereocenters. The van der Waals surface area contributed by atoms with Crippen LogP contribution in [-0.2, 0) is 34.5 Å². The van der Waals surface area contributed by atoms with Crippen LogP contribution >= 0.6 is 11.6 Å². The Balaban J connectivity index is 1.98. The number of hydrogen-bond donors (Lipinski definition) is 1. The van der Waals surface area contributed by atoms with Crippen molar-refractivity contribution in [2.24, 2.45) is 5.41 Å². The molecular formula is C29H41ClFN3O5S. The lowest BCUT2D eigenvalue weighted by atomic mass is 9.87. The number of carboxylic acids is 1. The van der Waals surface area contributed by atoms with E-state index < -0.39 is 27.9 Å². The molecule has 1 saturated heterocycles. The first-order valence-corrected chi connectivity index (χ1v) is 15.3. The molecule has 1 aliphatic rings. The number of likely N-dealkylation sites (N-methyl/N-ethyl adjacent to an activating group) is 1. The molecule has 222 valence electrons. The molecule has 0 spiro atoms. The van der Waals surface area contributed by atoms with Crippen LogP contribution in [0.1, 0.15) is 50.3 Å². The van der Waals surface area contributed by atoms with Crippen LogP contribution in [0.4, 0.5) is 4.39 Å². The Kier molecular flexibility index (Phi) is 10.6. The normalized spacial score (nSPS) is 18.4. The third-order valence-electron chi connectivity index (χ3n) is 7.03. The highest BCUT2D eigenvalue weighted by molar-refractivity contribution is 7.89. The Morgan fingerprint density at radius 2 is 1.88 bits per heavy atom. The molecule has 2 atom stereocenters. The van der Waals surface area contributed by atoms with Crippen molar-refractivity contribution in [2.75, 3.05) is 33.5 Å². The Morgan fingerprint density at radius 1 is 1.20 bits per heavy atom. The molecule has 1 N–H and O–H groups in total. The van der Waals surface area contributed by atoms with Crippen molar-refractivity contribution in [3.8, 4) is 5.75 Å². The minimum Gasteiger partial charge on any atom is -0.494 e. The van der Waals surface area contributed by atoms with E-state index >= 15 is 4.39 Å². The van der Waals surface area contributed by atoms with Gasteiger partial charge in [-0.2, -0.15) is 4.31 Å². The lowest BCUT2D eigenvalue weighted by Gasteiger charge is -2.38. The fraction of sp³-hybridized carbons (Fsp3) is 0.552. The van der Waals surface area contributed by atoms with Crippen molar-refractivity contribution in [3.63, 3.8) is 0 Å². The number of methoxy groups -OCH3 is 1. The molecule has 0 radical (unpaired) electrons. The monoisotopic (exact) mass is 597 g/mol. The van der Waals surface area contributed by atoms with E-state index in [4.69, 9.17) is 16.3 Å². The summed E-state index contributed by atoms with van der Waals surface area (Å²) >= 11 is 6.49. The van der Waals surface area contributed by atoms with E-state index in [2.05, 4.69) is 30.6 Å². The summed E-state index contributed by atoms with van der Waals surface area (Å²) in [6, 6.07) is 9.59.